The Morgan fingerprint density at radius 2 is 2.00 bits per heavy atom. The lowest BCUT2D eigenvalue weighted by molar-refractivity contribution is -0.120. The number of para-hydroxylation sites is 2. The third-order valence-corrected chi connectivity index (χ3v) is 5.55. The average Bonchev–Trinajstić information content (AvgIpc) is 3.39. The molecule has 1 aliphatic carbocycles. The molecule has 3 aromatic rings. The smallest absolute Gasteiger partial charge is 0.303 e. The number of carbonyl (C=O) groups excluding carboxylic acids is 1. The van der Waals surface area contributed by atoms with Gasteiger partial charge in [0.05, 0.1) is 17.4 Å². The molecule has 0 saturated heterocycles. The minimum Gasteiger partial charge on any atom is -0.423 e. The number of fused-ring (bicyclic) bond motifs is 2. The molecule has 6 heteroatoms. The van der Waals surface area contributed by atoms with Gasteiger partial charge in [-0.05, 0) is 50.1 Å². The standard InChI is InChI=1S/C20H18BrN3O2/c1-12-11-23(20-22-15-4-2-3-5-18(15)26-20)17-10-14(21)8-9-16(17)24(12)19(25)13-6-7-13/h2-5,8-10,12-13H,6-7,11H2,1H3/t12-/m0/s1. The highest BCUT2D eigenvalue weighted by molar-refractivity contribution is 9.10. The molecule has 1 atom stereocenters. The van der Waals surface area contributed by atoms with Crippen molar-refractivity contribution in [1.82, 2.24) is 4.98 Å². The first kappa shape index (κ1) is 15.9. The first-order valence-corrected chi connectivity index (χ1v) is 9.67. The van der Waals surface area contributed by atoms with Crippen LogP contribution in [0, 0.1) is 5.92 Å². The molecule has 1 fully saturated rings. The molecule has 2 aromatic carbocycles. The Balaban J connectivity index is 1.63. The monoisotopic (exact) mass is 411 g/mol. The molecule has 26 heavy (non-hydrogen) atoms. The number of anilines is 3. The molecule has 0 unspecified atom stereocenters. The minimum absolute atomic E-state index is 0.0480. The van der Waals surface area contributed by atoms with Gasteiger partial charge in [0.2, 0.25) is 5.91 Å². The van der Waals surface area contributed by atoms with Crippen LogP contribution in [0.5, 0.6) is 0 Å². The SMILES string of the molecule is C[C@H]1CN(c2nc3ccccc3o2)c2cc(Br)ccc2N1C(=O)C1CC1. The van der Waals surface area contributed by atoms with E-state index in [9.17, 15) is 4.79 Å². The van der Waals surface area contributed by atoms with Crippen LogP contribution in [0.1, 0.15) is 19.8 Å². The van der Waals surface area contributed by atoms with Gasteiger partial charge in [0.15, 0.2) is 5.58 Å². The Morgan fingerprint density at radius 1 is 1.19 bits per heavy atom. The zero-order valence-electron chi connectivity index (χ0n) is 14.4. The molecule has 0 bridgehead atoms. The second-order valence-electron chi connectivity index (χ2n) is 7.04. The lowest BCUT2D eigenvalue weighted by Gasteiger charge is -2.40. The Labute approximate surface area is 159 Å². The summed E-state index contributed by atoms with van der Waals surface area (Å²) in [5, 5.41) is 0. The van der Waals surface area contributed by atoms with Gasteiger partial charge in [-0.2, -0.15) is 4.98 Å². The molecular weight excluding hydrogens is 394 g/mol. The second-order valence-corrected chi connectivity index (χ2v) is 7.96. The maximum Gasteiger partial charge on any atom is 0.303 e. The van der Waals surface area contributed by atoms with Crippen molar-refractivity contribution in [3.8, 4) is 0 Å². The van der Waals surface area contributed by atoms with E-state index in [1.165, 1.54) is 0 Å². The van der Waals surface area contributed by atoms with Gasteiger partial charge in [0.1, 0.15) is 5.52 Å². The summed E-state index contributed by atoms with van der Waals surface area (Å²) >= 11 is 3.56. The van der Waals surface area contributed by atoms with Gasteiger partial charge in [-0.15, -0.1) is 0 Å². The van der Waals surface area contributed by atoms with Crippen molar-refractivity contribution in [2.75, 3.05) is 16.3 Å². The topological polar surface area (TPSA) is 49.6 Å². The van der Waals surface area contributed by atoms with Crippen LogP contribution in [0.4, 0.5) is 17.4 Å². The Kier molecular flexibility index (Phi) is 3.57. The van der Waals surface area contributed by atoms with E-state index in [0.717, 1.165) is 39.8 Å². The van der Waals surface area contributed by atoms with Crippen molar-refractivity contribution in [3.63, 3.8) is 0 Å². The number of rotatable bonds is 2. The highest BCUT2D eigenvalue weighted by Gasteiger charge is 2.40. The third kappa shape index (κ3) is 2.51. The van der Waals surface area contributed by atoms with Crippen molar-refractivity contribution in [2.45, 2.75) is 25.8 Å². The van der Waals surface area contributed by atoms with Crippen LogP contribution < -0.4 is 9.80 Å². The number of oxazole rings is 1. The van der Waals surface area contributed by atoms with E-state index in [2.05, 4.69) is 32.7 Å². The number of hydrogen-bond acceptors (Lipinski definition) is 4. The molecular formula is C20H18BrN3O2. The molecule has 1 amide bonds. The van der Waals surface area contributed by atoms with E-state index in [0.29, 0.717) is 12.6 Å². The first-order chi connectivity index (χ1) is 12.6. The summed E-state index contributed by atoms with van der Waals surface area (Å²) in [6.07, 6.45) is 2.01. The number of aromatic nitrogens is 1. The number of halogens is 1. The van der Waals surface area contributed by atoms with Crippen LogP contribution >= 0.6 is 15.9 Å². The van der Waals surface area contributed by atoms with Gasteiger partial charge in [-0.3, -0.25) is 9.69 Å². The fourth-order valence-electron chi connectivity index (χ4n) is 3.62. The van der Waals surface area contributed by atoms with Crippen molar-refractivity contribution in [2.24, 2.45) is 5.92 Å². The molecule has 132 valence electrons. The van der Waals surface area contributed by atoms with Crippen LogP contribution in [-0.2, 0) is 4.79 Å². The molecule has 1 aromatic heterocycles. The van der Waals surface area contributed by atoms with E-state index in [4.69, 9.17) is 4.42 Å². The van der Waals surface area contributed by atoms with Gasteiger partial charge in [0.25, 0.3) is 0 Å². The summed E-state index contributed by atoms with van der Waals surface area (Å²) in [5.41, 5.74) is 3.47. The Morgan fingerprint density at radius 3 is 2.77 bits per heavy atom. The van der Waals surface area contributed by atoms with Gasteiger partial charge in [-0.25, -0.2) is 0 Å². The predicted molar refractivity (Wildman–Crippen MR) is 105 cm³/mol. The van der Waals surface area contributed by atoms with E-state index in [1.807, 2.05) is 47.4 Å². The van der Waals surface area contributed by atoms with Crippen LogP contribution in [0.3, 0.4) is 0 Å². The number of nitrogens with zero attached hydrogens (tertiary/aromatic N) is 3. The molecule has 5 rings (SSSR count). The molecule has 2 aliphatic rings. The van der Waals surface area contributed by atoms with E-state index in [1.54, 1.807) is 0 Å². The van der Waals surface area contributed by atoms with E-state index in [-0.39, 0.29) is 17.9 Å². The normalized spacial score (nSPS) is 19.7. The summed E-state index contributed by atoms with van der Waals surface area (Å²) in [4.78, 5) is 21.5. The zero-order valence-corrected chi connectivity index (χ0v) is 15.9. The molecule has 2 heterocycles. The lowest BCUT2D eigenvalue weighted by Crippen LogP contribution is -2.49. The van der Waals surface area contributed by atoms with Crippen molar-refractivity contribution >= 4 is 50.3 Å². The van der Waals surface area contributed by atoms with E-state index >= 15 is 0 Å². The van der Waals surface area contributed by atoms with Crippen LogP contribution in [0.15, 0.2) is 51.4 Å². The Bertz CT molecular complexity index is 978. The maximum atomic E-state index is 12.9. The molecule has 1 saturated carbocycles. The summed E-state index contributed by atoms with van der Waals surface area (Å²) < 4.78 is 6.97. The van der Waals surface area contributed by atoms with Crippen molar-refractivity contribution in [3.05, 3.63) is 46.9 Å². The third-order valence-electron chi connectivity index (χ3n) is 5.05. The van der Waals surface area contributed by atoms with Gasteiger partial charge in [-0.1, -0.05) is 28.1 Å². The Hall–Kier alpha value is -2.34. The number of hydrogen-bond donors (Lipinski definition) is 0. The summed E-state index contributed by atoms with van der Waals surface area (Å²) in [7, 11) is 0. The largest absolute Gasteiger partial charge is 0.423 e. The van der Waals surface area contributed by atoms with Gasteiger partial charge >= 0.3 is 6.01 Å². The maximum absolute atomic E-state index is 12.9. The highest BCUT2D eigenvalue weighted by atomic mass is 79.9. The summed E-state index contributed by atoms with van der Waals surface area (Å²) in [6, 6.07) is 14.4. The van der Waals surface area contributed by atoms with Crippen molar-refractivity contribution < 1.29 is 9.21 Å². The van der Waals surface area contributed by atoms with Gasteiger partial charge < -0.3 is 9.32 Å². The fourth-order valence-corrected chi connectivity index (χ4v) is 3.97. The van der Waals surface area contributed by atoms with Crippen LogP contribution in [0.25, 0.3) is 11.1 Å². The zero-order chi connectivity index (χ0) is 17.8. The van der Waals surface area contributed by atoms with Crippen molar-refractivity contribution in [1.29, 1.82) is 0 Å². The van der Waals surface area contributed by atoms with Crippen LogP contribution in [-0.4, -0.2) is 23.5 Å². The molecule has 0 spiro atoms. The lowest BCUT2D eigenvalue weighted by atomic mass is 10.1. The molecule has 0 radical (unpaired) electrons. The number of amides is 1. The number of carbonyl (C=O) groups is 1. The molecule has 5 nitrogen and oxygen atoms in total. The minimum atomic E-state index is 0.0480. The molecule has 1 aliphatic heterocycles. The number of benzene rings is 2. The van der Waals surface area contributed by atoms with E-state index < -0.39 is 0 Å². The van der Waals surface area contributed by atoms with Crippen LogP contribution in [0.2, 0.25) is 0 Å². The average molecular weight is 412 g/mol. The molecule has 0 N–H and O–H groups in total. The quantitative estimate of drug-likeness (QED) is 0.603. The second kappa shape index (κ2) is 5.84. The van der Waals surface area contributed by atoms with Gasteiger partial charge in [0, 0.05) is 16.9 Å². The fraction of sp³-hybridized carbons (Fsp3) is 0.300. The highest BCUT2D eigenvalue weighted by Crippen LogP contribution is 2.44. The first-order valence-electron chi connectivity index (χ1n) is 8.87. The summed E-state index contributed by atoms with van der Waals surface area (Å²) in [6.45, 7) is 2.73. The predicted octanol–water partition coefficient (Wildman–Crippen LogP) is 4.87. The summed E-state index contributed by atoms with van der Waals surface area (Å²) in [5.74, 6) is 0.420.